The highest BCUT2D eigenvalue weighted by Crippen LogP contribution is 2.08. The molecule has 0 spiro atoms. The molecule has 0 saturated carbocycles. The summed E-state index contributed by atoms with van der Waals surface area (Å²) in [6, 6.07) is 0. The van der Waals surface area contributed by atoms with Crippen molar-refractivity contribution in [1.82, 2.24) is 15.0 Å². The standard InChI is InChI=1S/C8H13N3O2/c1-6(2)7-4-11(10-9-7)5-8(12)13-3/h4,6H,5H2,1-3H3. The molecule has 1 rings (SSSR count). The van der Waals surface area contributed by atoms with Crippen molar-refractivity contribution >= 4 is 5.97 Å². The average Bonchev–Trinajstić information content (AvgIpc) is 2.52. The second-order valence-corrected chi connectivity index (χ2v) is 3.07. The fourth-order valence-electron chi connectivity index (χ4n) is 0.852. The van der Waals surface area contributed by atoms with Crippen molar-refractivity contribution in [1.29, 1.82) is 0 Å². The second kappa shape index (κ2) is 4.02. The molecule has 0 amide bonds. The van der Waals surface area contributed by atoms with E-state index in [0.717, 1.165) is 5.69 Å². The number of carbonyl (C=O) groups is 1. The molecule has 0 fully saturated rings. The summed E-state index contributed by atoms with van der Waals surface area (Å²) >= 11 is 0. The van der Waals surface area contributed by atoms with Gasteiger partial charge in [0.25, 0.3) is 0 Å². The number of rotatable bonds is 3. The number of ether oxygens (including phenoxy) is 1. The van der Waals surface area contributed by atoms with Crippen LogP contribution in [0.5, 0.6) is 0 Å². The van der Waals surface area contributed by atoms with Crippen molar-refractivity contribution in [2.45, 2.75) is 26.3 Å². The highest BCUT2D eigenvalue weighted by atomic mass is 16.5. The van der Waals surface area contributed by atoms with E-state index in [1.54, 1.807) is 6.20 Å². The molecule has 1 aromatic heterocycles. The maximum absolute atomic E-state index is 10.8. The van der Waals surface area contributed by atoms with Crippen molar-refractivity contribution in [3.05, 3.63) is 11.9 Å². The lowest BCUT2D eigenvalue weighted by Gasteiger charge is -1.97. The van der Waals surface area contributed by atoms with Gasteiger partial charge < -0.3 is 4.74 Å². The van der Waals surface area contributed by atoms with Crippen LogP contribution in [0.4, 0.5) is 0 Å². The predicted molar refractivity (Wildman–Crippen MR) is 46.1 cm³/mol. The first-order chi connectivity index (χ1) is 6.13. The number of nitrogens with zero attached hydrogens (tertiary/aromatic N) is 3. The van der Waals surface area contributed by atoms with Crippen LogP contribution in [-0.2, 0) is 16.1 Å². The molecule has 0 radical (unpaired) electrons. The summed E-state index contributed by atoms with van der Waals surface area (Å²) in [4.78, 5) is 10.8. The highest BCUT2D eigenvalue weighted by Gasteiger charge is 2.07. The zero-order valence-corrected chi connectivity index (χ0v) is 8.02. The largest absolute Gasteiger partial charge is 0.468 e. The molecule has 0 atom stereocenters. The van der Waals surface area contributed by atoms with Crippen LogP contribution in [-0.4, -0.2) is 28.1 Å². The van der Waals surface area contributed by atoms with Crippen LogP contribution in [0, 0.1) is 0 Å². The Bertz CT molecular complexity index is 293. The Morgan fingerprint density at radius 1 is 1.69 bits per heavy atom. The van der Waals surface area contributed by atoms with Crippen LogP contribution >= 0.6 is 0 Å². The van der Waals surface area contributed by atoms with E-state index >= 15 is 0 Å². The van der Waals surface area contributed by atoms with Gasteiger partial charge in [0.2, 0.25) is 0 Å². The van der Waals surface area contributed by atoms with Crippen molar-refractivity contribution < 1.29 is 9.53 Å². The molecule has 72 valence electrons. The monoisotopic (exact) mass is 183 g/mol. The van der Waals surface area contributed by atoms with Gasteiger partial charge in [-0.25, -0.2) is 4.68 Å². The molecule has 0 aromatic carbocycles. The first-order valence-electron chi connectivity index (χ1n) is 4.10. The second-order valence-electron chi connectivity index (χ2n) is 3.07. The van der Waals surface area contributed by atoms with Crippen LogP contribution in [0.3, 0.4) is 0 Å². The first kappa shape index (κ1) is 9.70. The van der Waals surface area contributed by atoms with E-state index in [1.807, 2.05) is 13.8 Å². The van der Waals surface area contributed by atoms with Gasteiger partial charge in [0.15, 0.2) is 0 Å². The Kier molecular flexibility index (Phi) is 3.00. The molecule has 0 bridgehead atoms. The minimum absolute atomic E-state index is 0.121. The molecule has 0 unspecified atom stereocenters. The smallest absolute Gasteiger partial charge is 0.327 e. The summed E-state index contributed by atoms with van der Waals surface area (Å²) in [5.74, 6) is 0.00611. The van der Waals surface area contributed by atoms with Crippen molar-refractivity contribution in [2.75, 3.05) is 7.11 Å². The Morgan fingerprint density at radius 2 is 2.38 bits per heavy atom. The Morgan fingerprint density at radius 3 is 2.85 bits per heavy atom. The SMILES string of the molecule is COC(=O)Cn1cc(C(C)C)nn1. The van der Waals surface area contributed by atoms with Crippen LogP contribution in [0.25, 0.3) is 0 Å². The summed E-state index contributed by atoms with van der Waals surface area (Å²) in [7, 11) is 1.35. The van der Waals surface area contributed by atoms with Gasteiger partial charge in [0, 0.05) is 6.20 Å². The van der Waals surface area contributed by atoms with E-state index in [1.165, 1.54) is 11.8 Å². The molecule has 0 aliphatic rings. The van der Waals surface area contributed by atoms with E-state index in [9.17, 15) is 4.79 Å². The van der Waals surface area contributed by atoms with Gasteiger partial charge in [-0.3, -0.25) is 4.79 Å². The molecule has 0 saturated heterocycles. The minimum atomic E-state index is -0.319. The third kappa shape index (κ3) is 2.54. The topological polar surface area (TPSA) is 57.0 Å². The van der Waals surface area contributed by atoms with Crippen molar-refractivity contribution in [3.63, 3.8) is 0 Å². The van der Waals surface area contributed by atoms with Crippen molar-refractivity contribution in [2.24, 2.45) is 0 Å². The molecule has 13 heavy (non-hydrogen) atoms. The molecule has 0 aliphatic carbocycles. The summed E-state index contributed by atoms with van der Waals surface area (Å²) in [5.41, 5.74) is 0.879. The molecular weight excluding hydrogens is 170 g/mol. The zero-order valence-electron chi connectivity index (χ0n) is 8.02. The summed E-state index contributed by atoms with van der Waals surface area (Å²) in [6.07, 6.45) is 1.75. The van der Waals surface area contributed by atoms with Crippen LogP contribution in [0.1, 0.15) is 25.5 Å². The van der Waals surface area contributed by atoms with Crippen LogP contribution in [0.2, 0.25) is 0 Å². The molecular formula is C8H13N3O2. The molecule has 5 heteroatoms. The number of aromatic nitrogens is 3. The van der Waals surface area contributed by atoms with Crippen LogP contribution in [0.15, 0.2) is 6.20 Å². The Hall–Kier alpha value is -1.39. The molecule has 0 aliphatic heterocycles. The van der Waals surface area contributed by atoms with E-state index < -0.39 is 0 Å². The lowest BCUT2D eigenvalue weighted by molar-refractivity contribution is -0.141. The van der Waals surface area contributed by atoms with E-state index in [4.69, 9.17) is 0 Å². The summed E-state index contributed by atoms with van der Waals surface area (Å²) in [6.45, 7) is 4.16. The van der Waals surface area contributed by atoms with E-state index in [2.05, 4.69) is 15.0 Å². The number of esters is 1. The van der Waals surface area contributed by atoms with E-state index in [0.29, 0.717) is 5.92 Å². The first-order valence-corrected chi connectivity index (χ1v) is 4.10. The third-order valence-corrected chi connectivity index (χ3v) is 1.67. The van der Waals surface area contributed by atoms with Crippen molar-refractivity contribution in [3.8, 4) is 0 Å². The maximum Gasteiger partial charge on any atom is 0.327 e. The average molecular weight is 183 g/mol. The predicted octanol–water partition coefficient (Wildman–Crippen LogP) is 0.574. The summed E-state index contributed by atoms with van der Waals surface area (Å²) < 4.78 is 5.97. The fraction of sp³-hybridized carbons (Fsp3) is 0.625. The Labute approximate surface area is 76.7 Å². The quantitative estimate of drug-likeness (QED) is 0.643. The number of hydrogen-bond donors (Lipinski definition) is 0. The van der Waals surface area contributed by atoms with Gasteiger partial charge in [-0.1, -0.05) is 19.1 Å². The van der Waals surface area contributed by atoms with E-state index in [-0.39, 0.29) is 12.5 Å². The molecule has 1 heterocycles. The molecule has 1 aromatic rings. The lowest BCUT2D eigenvalue weighted by Crippen LogP contribution is -2.11. The van der Waals surface area contributed by atoms with Gasteiger partial charge in [0.05, 0.1) is 12.8 Å². The number of carbonyl (C=O) groups excluding carboxylic acids is 1. The fourth-order valence-corrected chi connectivity index (χ4v) is 0.852. The lowest BCUT2D eigenvalue weighted by atomic mass is 10.2. The number of hydrogen-bond acceptors (Lipinski definition) is 4. The summed E-state index contributed by atoms with van der Waals surface area (Å²) in [5, 5.41) is 7.70. The Balaban J connectivity index is 2.64. The van der Waals surface area contributed by atoms with Gasteiger partial charge >= 0.3 is 5.97 Å². The molecule has 0 N–H and O–H groups in total. The third-order valence-electron chi connectivity index (χ3n) is 1.67. The highest BCUT2D eigenvalue weighted by molar-refractivity contribution is 5.68. The zero-order chi connectivity index (χ0) is 9.84. The minimum Gasteiger partial charge on any atom is -0.468 e. The van der Waals surface area contributed by atoms with Gasteiger partial charge in [0.1, 0.15) is 6.54 Å². The van der Waals surface area contributed by atoms with Gasteiger partial charge in [-0.2, -0.15) is 0 Å². The normalized spacial score (nSPS) is 10.5. The van der Waals surface area contributed by atoms with Gasteiger partial charge in [-0.05, 0) is 5.92 Å². The maximum atomic E-state index is 10.8. The number of methoxy groups -OCH3 is 1. The van der Waals surface area contributed by atoms with Gasteiger partial charge in [-0.15, -0.1) is 5.10 Å². The molecule has 5 nitrogen and oxygen atoms in total. The van der Waals surface area contributed by atoms with Crippen LogP contribution < -0.4 is 0 Å².